The zero-order valence-corrected chi connectivity index (χ0v) is 9.27. The zero-order valence-electron chi connectivity index (χ0n) is 9.27. The second-order valence-electron chi connectivity index (χ2n) is 4.71. The van der Waals surface area contributed by atoms with E-state index >= 15 is 0 Å². The van der Waals surface area contributed by atoms with Crippen LogP contribution < -0.4 is 11.1 Å². The van der Waals surface area contributed by atoms with Gasteiger partial charge in [0.2, 0.25) is 0 Å². The van der Waals surface area contributed by atoms with Crippen LogP contribution in [0.2, 0.25) is 0 Å². The van der Waals surface area contributed by atoms with Gasteiger partial charge >= 0.3 is 0 Å². The van der Waals surface area contributed by atoms with Crippen LogP contribution in [0.25, 0.3) is 0 Å². The van der Waals surface area contributed by atoms with E-state index in [1.54, 1.807) is 0 Å². The number of rotatable bonds is 3. The molecule has 3 atom stereocenters. The summed E-state index contributed by atoms with van der Waals surface area (Å²) in [7, 11) is 0. The first-order chi connectivity index (χ1) is 6.13. The van der Waals surface area contributed by atoms with Crippen molar-refractivity contribution in [1.29, 1.82) is 0 Å². The van der Waals surface area contributed by atoms with E-state index in [9.17, 15) is 0 Å². The van der Waals surface area contributed by atoms with Gasteiger partial charge in [-0.15, -0.1) is 0 Å². The van der Waals surface area contributed by atoms with Crippen molar-refractivity contribution in [2.24, 2.45) is 17.6 Å². The molecule has 1 aliphatic carbocycles. The van der Waals surface area contributed by atoms with E-state index in [-0.39, 0.29) is 5.54 Å². The molecule has 13 heavy (non-hydrogen) atoms. The molecule has 3 N–H and O–H groups in total. The lowest BCUT2D eigenvalue weighted by Gasteiger charge is -2.42. The fourth-order valence-corrected chi connectivity index (χ4v) is 2.50. The molecule has 2 heteroatoms. The van der Waals surface area contributed by atoms with Crippen LogP contribution >= 0.6 is 0 Å². The molecule has 0 aromatic heterocycles. The van der Waals surface area contributed by atoms with Gasteiger partial charge in [0.1, 0.15) is 0 Å². The van der Waals surface area contributed by atoms with Gasteiger partial charge in [0, 0.05) is 12.1 Å². The molecule has 0 bridgehead atoms. The molecule has 2 nitrogen and oxygen atoms in total. The Labute approximate surface area is 82.3 Å². The van der Waals surface area contributed by atoms with E-state index < -0.39 is 0 Å². The molecule has 0 amide bonds. The molecular weight excluding hydrogens is 160 g/mol. The highest BCUT2D eigenvalue weighted by molar-refractivity contribution is 4.95. The molecule has 0 aromatic rings. The van der Waals surface area contributed by atoms with Gasteiger partial charge in [-0.2, -0.15) is 0 Å². The fraction of sp³-hybridized carbons (Fsp3) is 1.00. The lowest BCUT2D eigenvalue weighted by atomic mass is 9.71. The third-order valence-corrected chi connectivity index (χ3v) is 3.70. The highest BCUT2D eigenvalue weighted by Gasteiger charge is 2.35. The molecule has 3 unspecified atom stereocenters. The van der Waals surface area contributed by atoms with Crippen LogP contribution in [-0.4, -0.2) is 18.6 Å². The smallest absolute Gasteiger partial charge is 0.0306 e. The number of nitrogens with one attached hydrogen (secondary N) is 1. The summed E-state index contributed by atoms with van der Waals surface area (Å²) in [4.78, 5) is 0. The zero-order chi connectivity index (χ0) is 9.90. The minimum atomic E-state index is 0.251. The summed E-state index contributed by atoms with van der Waals surface area (Å²) >= 11 is 0. The summed E-state index contributed by atoms with van der Waals surface area (Å²) in [5, 5.41) is 3.57. The summed E-state index contributed by atoms with van der Waals surface area (Å²) in [6.45, 7) is 8.71. The largest absolute Gasteiger partial charge is 0.329 e. The van der Waals surface area contributed by atoms with E-state index in [2.05, 4.69) is 26.1 Å². The Morgan fingerprint density at radius 2 is 2.08 bits per heavy atom. The average molecular weight is 184 g/mol. The van der Waals surface area contributed by atoms with Gasteiger partial charge in [0.15, 0.2) is 0 Å². The quantitative estimate of drug-likeness (QED) is 0.701. The molecule has 1 fully saturated rings. The van der Waals surface area contributed by atoms with Crippen molar-refractivity contribution in [2.75, 3.05) is 13.1 Å². The van der Waals surface area contributed by atoms with Gasteiger partial charge in [-0.1, -0.05) is 20.8 Å². The normalized spacial score (nSPS) is 40.6. The van der Waals surface area contributed by atoms with Crippen LogP contribution in [0, 0.1) is 11.8 Å². The molecule has 0 radical (unpaired) electrons. The lowest BCUT2D eigenvalue weighted by molar-refractivity contribution is 0.148. The Bertz CT molecular complexity index is 158. The van der Waals surface area contributed by atoms with Gasteiger partial charge in [-0.3, -0.25) is 0 Å². The summed E-state index contributed by atoms with van der Waals surface area (Å²) in [5.74, 6) is 1.69. The van der Waals surface area contributed by atoms with Crippen LogP contribution in [0.3, 0.4) is 0 Å². The second kappa shape index (κ2) is 4.43. The van der Waals surface area contributed by atoms with E-state index in [0.717, 1.165) is 24.9 Å². The molecule has 78 valence electrons. The molecule has 1 aliphatic rings. The maximum atomic E-state index is 5.87. The van der Waals surface area contributed by atoms with Crippen molar-refractivity contribution in [3.63, 3.8) is 0 Å². The highest BCUT2D eigenvalue weighted by atomic mass is 15.0. The molecule has 0 aromatic carbocycles. The Morgan fingerprint density at radius 1 is 1.38 bits per heavy atom. The third-order valence-electron chi connectivity index (χ3n) is 3.70. The monoisotopic (exact) mass is 184 g/mol. The average Bonchev–Trinajstić information content (AvgIpc) is 2.12. The molecule has 1 rings (SSSR count). The summed E-state index contributed by atoms with van der Waals surface area (Å²) in [6, 6.07) is 0. The molecule has 0 spiro atoms. The van der Waals surface area contributed by atoms with Crippen molar-refractivity contribution in [2.45, 2.75) is 45.6 Å². The number of likely N-dealkylation sites (N-methyl/N-ethyl adjacent to an activating group) is 1. The number of nitrogens with two attached hydrogens (primary N) is 1. The Morgan fingerprint density at radius 3 is 2.54 bits per heavy atom. The number of hydrogen-bond acceptors (Lipinski definition) is 2. The maximum Gasteiger partial charge on any atom is 0.0306 e. The van der Waals surface area contributed by atoms with E-state index in [1.165, 1.54) is 19.3 Å². The van der Waals surface area contributed by atoms with E-state index in [1.807, 2.05) is 0 Å². The van der Waals surface area contributed by atoms with Gasteiger partial charge in [0.05, 0.1) is 0 Å². The van der Waals surface area contributed by atoms with Crippen LogP contribution in [0.15, 0.2) is 0 Å². The van der Waals surface area contributed by atoms with Crippen LogP contribution in [0.1, 0.15) is 40.0 Å². The Hall–Kier alpha value is -0.0800. The molecular formula is C11H24N2. The molecule has 0 aliphatic heterocycles. The SMILES string of the molecule is CCNC1(CN)CCC(C)C(C)C1. The summed E-state index contributed by atoms with van der Waals surface area (Å²) < 4.78 is 0. The molecule has 1 saturated carbocycles. The minimum absolute atomic E-state index is 0.251. The van der Waals surface area contributed by atoms with Gasteiger partial charge < -0.3 is 11.1 Å². The van der Waals surface area contributed by atoms with Crippen LogP contribution in [0.5, 0.6) is 0 Å². The topological polar surface area (TPSA) is 38.0 Å². The summed E-state index contributed by atoms with van der Waals surface area (Å²) in [6.07, 6.45) is 3.83. The maximum absolute atomic E-state index is 5.87. The first-order valence-corrected chi connectivity index (χ1v) is 5.58. The predicted octanol–water partition coefficient (Wildman–Crippen LogP) is 1.75. The third kappa shape index (κ3) is 2.44. The first-order valence-electron chi connectivity index (χ1n) is 5.58. The standard InChI is InChI=1S/C11H24N2/c1-4-13-11(8-12)6-5-9(2)10(3)7-11/h9-10,13H,4-8,12H2,1-3H3. The fourth-order valence-electron chi connectivity index (χ4n) is 2.50. The lowest BCUT2D eigenvalue weighted by Crippen LogP contribution is -2.54. The number of hydrogen-bond donors (Lipinski definition) is 2. The Balaban J connectivity index is 2.57. The predicted molar refractivity (Wildman–Crippen MR) is 57.6 cm³/mol. The van der Waals surface area contributed by atoms with Crippen LogP contribution in [-0.2, 0) is 0 Å². The minimum Gasteiger partial charge on any atom is -0.329 e. The van der Waals surface area contributed by atoms with E-state index in [0.29, 0.717) is 0 Å². The highest BCUT2D eigenvalue weighted by Crippen LogP contribution is 2.35. The van der Waals surface area contributed by atoms with Crippen molar-refractivity contribution < 1.29 is 0 Å². The summed E-state index contributed by atoms with van der Waals surface area (Å²) in [5.41, 5.74) is 6.12. The van der Waals surface area contributed by atoms with Crippen molar-refractivity contribution in [3.8, 4) is 0 Å². The second-order valence-corrected chi connectivity index (χ2v) is 4.71. The van der Waals surface area contributed by atoms with Crippen LogP contribution in [0.4, 0.5) is 0 Å². The Kier molecular flexibility index (Phi) is 3.74. The van der Waals surface area contributed by atoms with Gasteiger partial charge in [-0.05, 0) is 37.6 Å². The molecule has 0 saturated heterocycles. The van der Waals surface area contributed by atoms with Crippen molar-refractivity contribution in [1.82, 2.24) is 5.32 Å². The van der Waals surface area contributed by atoms with E-state index in [4.69, 9.17) is 5.73 Å². The van der Waals surface area contributed by atoms with Crippen molar-refractivity contribution >= 4 is 0 Å². The van der Waals surface area contributed by atoms with Crippen molar-refractivity contribution in [3.05, 3.63) is 0 Å². The first kappa shape index (κ1) is 11.0. The van der Waals surface area contributed by atoms with Gasteiger partial charge in [0.25, 0.3) is 0 Å². The van der Waals surface area contributed by atoms with Gasteiger partial charge in [-0.25, -0.2) is 0 Å². The molecule has 0 heterocycles.